The monoisotopic (exact) mass is 227 g/mol. The molecule has 1 atom stereocenters. The van der Waals surface area contributed by atoms with Crippen LogP contribution in [0.1, 0.15) is 32.6 Å². The molecule has 1 heterocycles. The quantitative estimate of drug-likeness (QED) is 0.701. The summed E-state index contributed by atoms with van der Waals surface area (Å²) in [5.41, 5.74) is 5.62. The van der Waals surface area contributed by atoms with Crippen LogP contribution in [0, 0.1) is 0 Å². The highest BCUT2D eigenvalue weighted by molar-refractivity contribution is 5.85. The van der Waals surface area contributed by atoms with Gasteiger partial charge in [0.2, 0.25) is 11.8 Å². The molecular weight excluding hydrogens is 206 g/mol. The standard InChI is InChI=1S/C11H21N3O2/c1-9(12)4-2-5-11(16)14-7-3-6-13-10(15)8-14/h9H,2-8,12H2,1H3,(H,13,15). The summed E-state index contributed by atoms with van der Waals surface area (Å²) in [6.07, 6.45) is 2.99. The Balaban J connectivity index is 2.31. The van der Waals surface area contributed by atoms with Crippen LogP contribution in [0.25, 0.3) is 0 Å². The van der Waals surface area contributed by atoms with Gasteiger partial charge in [-0.1, -0.05) is 0 Å². The minimum absolute atomic E-state index is 0.0574. The van der Waals surface area contributed by atoms with Gasteiger partial charge in [-0.25, -0.2) is 0 Å². The van der Waals surface area contributed by atoms with Gasteiger partial charge in [0.1, 0.15) is 0 Å². The first-order valence-electron chi connectivity index (χ1n) is 5.89. The minimum Gasteiger partial charge on any atom is -0.354 e. The van der Waals surface area contributed by atoms with Gasteiger partial charge < -0.3 is 16.0 Å². The van der Waals surface area contributed by atoms with E-state index in [0.29, 0.717) is 19.5 Å². The molecule has 0 aromatic carbocycles. The first kappa shape index (κ1) is 13.0. The maximum atomic E-state index is 11.8. The van der Waals surface area contributed by atoms with E-state index in [0.717, 1.165) is 19.3 Å². The number of nitrogens with zero attached hydrogens (tertiary/aromatic N) is 1. The third kappa shape index (κ3) is 4.61. The number of hydrogen-bond acceptors (Lipinski definition) is 3. The maximum Gasteiger partial charge on any atom is 0.239 e. The molecule has 0 spiro atoms. The van der Waals surface area contributed by atoms with Crippen molar-refractivity contribution in [1.29, 1.82) is 0 Å². The van der Waals surface area contributed by atoms with Crippen LogP contribution in [0.15, 0.2) is 0 Å². The molecule has 3 N–H and O–H groups in total. The van der Waals surface area contributed by atoms with Crippen molar-refractivity contribution in [3.05, 3.63) is 0 Å². The van der Waals surface area contributed by atoms with Crippen LogP contribution in [0.3, 0.4) is 0 Å². The predicted molar refractivity (Wildman–Crippen MR) is 61.7 cm³/mol. The van der Waals surface area contributed by atoms with Crippen LogP contribution >= 0.6 is 0 Å². The zero-order valence-corrected chi connectivity index (χ0v) is 9.87. The number of nitrogens with one attached hydrogen (secondary N) is 1. The third-order valence-corrected chi connectivity index (χ3v) is 2.66. The second-order valence-corrected chi connectivity index (χ2v) is 4.39. The van der Waals surface area contributed by atoms with Crippen LogP contribution in [0.4, 0.5) is 0 Å². The molecule has 92 valence electrons. The number of hydrogen-bond donors (Lipinski definition) is 2. The number of amides is 2. The van der Waals surface area contributed by atoms with Gasteiger partial charge in [0.05, 0.1) is 6.54 Å². The van der Waals surface area contributed by atoms with Crippen molar-refractivity contribution in [2.45, 2.75) is 38.6 Å². The third-order valence-electron chi connectivity index (χ3n) is 2.66. The summed E-state index contributed by atoms with van der Waals surface area (Å²) in [6, 6.07) is 0.139. The number of nitrogens with two attached hydrogens (primary N) is 1. The average molecular weight is 227 g/mol. The summed E-state index contributed by atoms with van der Waals surface area (Å²) in [5.74, 6) is 0.00995. The molecule has 1 saturated heterocycles. The normalized spacial score (nSPS) is 18.9. The summed E-state index contributed by atoms with van der Waals surface area (Å²) in [5, 5.41) is 2.75. The van der Waals surface area contributed by atoms with Crippen LogP contribution in [-0.4, -0.2) is 42.4 Å². The number of carbonyl (C=O) groups excluding carboxylic acids is 2. The summed E-state index contributed by atoms with van der Waals surface area (Å²) >= 11 is 0. The van der Waals surface area contributed by atoms with Gasteiger partial charge in [-0.15, -0.1) is 0 Å². The van der Waals surface area contributed by atoms with Crippen LogP contribution in [0.5, 0.6) is 0 Å². The molecule has 1 fully saturated rings. The van der Waals surface area contributed by atoms with E-state index in [4.69, 9.17) is 5.73 Å². The molecular formula is C11H21N3O2. The fraction of sp³-hybridized carbons (Fsp3) is 0.818. The average Bonchev–Trinajstić information content (AvgIpc) is 2.42. The zero-order valence-electron chi connectivity index (χ0n) is 9.87. The van der Waals surface area contributed by atoms with E-state index in [1.807, 2.05) is 6.92 Å². The fourth-order valence-electron chi connectivity index (χ4n) is 1.75. The Labute approximate surface area is 96.4 Å². The minimum atomic E-state index is -0.0574. The van der Waals surface area contributed by atoms with Crippen molar-refractivity contribution >= 4 is 11.8 Å². The summed E-state index contributed by atoms with van der Waals surface area (Å²) < 4.78 is 0. The number of carbonyl (C=O) groups is 2. The van der Waals surface area contributed by atoms with Crippen molar-refractivity contribution in [2.24, 2.45) is 5.73 Å². The topological polar surface area (TPSA) is 75.4 Å². The van der Waals surface area contributed by atoms with Gasteiger partial charge in [0.25, 0.3) is 0 Å². The van der Waals surface area contributed by atoms with Gasteiger partial charge >= 0.3 is 0 Å². The van der Waals surface area contributed by atoms with E-state index in [1.54, 1.807) is 4.90 Å². The van der Waals surface area contributed by atoms with E-state index in [1.165, 1.54) is 0 Å². The molecule has 5 nitrogen and oxygen atoms in total. The lowest BCUT2D eigenvalue weighted by molar-refractivity contribution is -0.135. The highest BCUT2D eigenvalue weighted by Crippen LogP contribution is 2.05. The van der Waals surface area contributed by atoms with Gasteiger partial charge in [0.15, 0.2) is 0 Å². The Bertz CT molecular complexity index is 254. The van der Waals surface area contributed by atoms with E-state index in [9.17, 15) is 9.59 Å². The van der Waals surface area contributed by atoms with E-state index >= 15 is 0 Å². The van der Waals surface area contributed by atoms with Gasteiger partial charge in [-0.05, 0) is 26.2 Å². The van der Waals surface area contributed by atoms with Gasteiger partial charge in [-0.2, -0.15) is 0 Å². The summed E-state index contributed by atoms with van der Waals surface area (Å²) in [6.45, 7) is 3.49. The lowest BCUT2D eigenvalue weighted by Crippen LogP contribution is -2.37. The van der Waals surface area contributed by atoms with Crippen molar-refractivity contribution < 1.29 is 9.59 Å². The fourth-order valence-corrected chi connectivity index (χ4v) is 1.75. The van der Waals surface area contributed by atoms with Crippen molar-refractivity contribution in [2.75, 3.05) is 19.6 Å². The smallest absolute Gasteiger partial charge is 0.239 e. The van der Waals surface area contributed by atoms with E-state index < -0.39 is 0 Å². The second kappa shape index (κ2) is 6.48. The predicted octanol–water partition coefficient (Wildman–Crippen LogP) is -0.148. The molecule has 0 aromatic heterocycles. The zero-order chi connectivity index (χ0) is 12.0. The van der Waals surface area contributed by atoms with Crippen molar-refractivity contribution in [1.82, 2.24) is 10.2 Å². The van der Waals surface area contributed by atoms with Crippen molar-refractivity contribution in [3.8, 4) is 0 Å². The Hall–Kier alpha value is -1.10. The summed E-state index contributed by atoms with van der Waals surface area (Å²) in [4.78, 5) is 24.7. The van der Waals surface area contributed by atoms with Crippen LogP contribution in [0.2, 0.25) is 0 Å². The second-order valence-electron chi connectivity index (χ2n) is 4.39. The molecule has 0 radical (unpaired) electrons. The maximum absolute atomic E-state index is 11.8. The Kier molecular flexibility index (Phi) is 5.25. The molecule has 1 aliphatic rings. The summed E-state index contributed by atoms with van der Waals surface area (Å²) in [7, 11) is 0. The van der Waals surface area contributed by atoms with Gasteiger partial charge in [0, 0.05) is 25.6 Å². The van der Waals surface area contributed by atoms with Crippen molar-refractivity contribution in [3.63, 3.8) is 0 Å². The molecule has 1 aliphatic heterocycles. The SMILES string of the molecule is CC(N)CCCC(=O)N1CCCNC(=O)C1. The first-order chi connectivity index (χ1) is 7.59. The number of rotatable bonds is 4. The van der Waals surface area contributed by atoms with Gasteiger partial charge in [-0.3, -0.25) is 9.59 Å². The molecule has 0 saturated carbocycles. The molecule has 0 aliphatic carbocycles. The van der Waals surface area contributed by atoms with Crippen LogP contribution in [-0.2, 0) is 9.59 Å². The molecule has 0 bridgehead atoms. The largest absolute Gasteiger partial charge is 0.354 e. The highest BCUT2D eigenvalue weighted by atomic mass is 16.2. The Morgan fingerprint density at radius 1 is 1.62 bits per heavy atom. The lowest BCUT2D eigenvalue weighted by atomic mass is 10.1. The Morgan fingerprint density at radius 2 is 2.38 bits per heavy atom. The van der Waals surface area contributed by atoms with E-state index in [-0.39, 0.29) is 24.4 Å². The molecule has 2 amide bonds. The van der Waals surface area contributed by atoms with E-state index in [2.05, 4.69) is 5.32 Å². The van der Waals surface area contributed by atoms with Crippen LogP contribution < -0.4 is 11.1 Å². The molecule has 0 aromatic rings. The molecule has 5 heteroatoms. The highest BCUT2D eigenvalue weighted by Gasteiger charge is 2.18. The molecule has 1 rings (SSSR count). The molecule has 16 heavy (non-hydrogen) atoms. The molecule has 1 unspecified atom stereocenters. The lowest BCUT2D eigenvalue weighted by Gasteiger charge is -2.19. The first-order valence-corrected chi connectivity index (χ1v) is 5.89. The Morgan fingerprint density at radius 3 is 3.06 bits per heavy atom.